The maximum absolute atomic E-state index is 12.0. The lowest BCUT2D eigenvalue weighted by Gasteiger charge is -2.53. The molecule has 4 aliphatic rings. The van der Waals surface area contributed by atoms with Gasteiger partial charge in [-0.1, -0.05) is 67.8 Å². The minimum Gasteiger partial charge on any atom is -1.00 e. The highest BCUT2D eigenvalue weighted by molar-refractivity contribution is 5.24. The van der Waals surface area contributed by atoms with Crippen LogP contribution in [0.3, 0.4) is 0 Å². The van der Waals surface area contributed by atoms with Crippen LogP contribution in [0.25, 0.3) is 0 Å². The molecule has 5 heteroatoms. The van der Waals surface area contributed by atoms with Gasteiger partial charge >= 0.3 is 0 Å². The fraction of sp³-hybridized carbons (Fsp3) is 0.600. The van der Waals surface area contributed by atoms with Gasteiger partial charge in [0, 0.05) is 25.2 Å². The molecule has 1 saturated carbocycles. The summed E-state index contributed by atoms with van der Waals surface area (Å²) in [7, 11) is 0. The maximum atomic E-state index is 12.0. The van der Waals surface area contributed by atoms with Crippen molar-refractivity contribution in [2.45, 2.75) is 63.1 Å². The summed E-state index contributed by atoms with van der Waals surface area (Å²) in [6, 6.07) is 20.5. The Morgan fingerprint density at radius 2 is 1.51 bits per heavy atom. The van der Waals surface area contributed by atoms with Gasteiger partial charge in [0.25, 0.3) is 0 Å². The molecule has 0 unspecified atom stereocenters. The van der Waals surface area contributed by atoms with Gasteiger partial charge in [-0.25, -0.2) is 0 Å². The second kappa shape index (κ2) is 12.2. The van der Waals surface area contributed by atoms with Crippen LogP contribution in [0.15, 0.2) is 60.7 Å². The molecule has 0 amide bonds. The van der Waals surface area contributed by atoms with Gasteiger partial charge in [0.15, 0.2) is 0 Å². The first kappa shape index (κ1) is 26.7. The lowest BCUT2D eigenvalue weighted by atomic mass is 9.73. The van der Waals surface area contributed by atoms with E-state index in [0.29, 0.717) is 18.4 Å². The number of piperidine rings is 3. The summed E-state index contributed by atoms with van der Waals surface area (Å²) in [5, 5.41) is 12.0. The number of rotatable bonds is 10. The Balaban J connectivity index is 0.00000289. The smallest absolute Gasteiger partial charge is 0.119 e. The first-order chi connectivity index (χ1) is 16.7. The van der Waals surface area contributed by atoms with E-state index in [1.807, 2.05) is 36.4 Å². The predicted octanol–water partition coefficient (Wildman–Crippen LogP) is 2.55. The van der Waals surface area contributed by atoms with Crippen molar-refractivity contribution in [3.05, 3.63) is 66.2 Å². The molecule has 6 rings (SSSR count). The molecular weight excluding hydrogens is 502 g/mol. The average molecular weight is 545 g/mol. The van der Waals surface area contributed by atoms with Gasteiger partial charge in [0.1, 0.15) is 24.0 Å². The van der Waals surface area contributed by atoms with Crippen molar-refractivity contribution in [2.75, 3.05) is 39.4 Å². The summed E-state index contributed by atoms with van der Waals surface area (Å²) in [6.45, 7) is 5.98. The predicted molar refractivity (Wildman–Crippen MR) is 136 cm³/mol. The molecule has 2 atom stereocenters. The van der Waals surface area contributed by atoms with E-state index in [-0.39, 0.29) is 23.1 Å². The Morgan fingerprint density at radius 1 is 0.857 bits per heavy atom. The summed E-state index contributed by atoms with van der Waals surface area (Å²) in [4.78, 5) is 0. The molecule has 0 aromatic heterocycles. The summed E-state index contributed by atoms with van der Waals surface area (Å²) < 4.78 is 13.8. The fourth-order valence-corrected chi connectivity index (χ4v) is 6.81. The zero-order valence-electron chi connectivity index (χ0n) is 21.0. The quantitative estimate of drug-likeness (QED) is 0.369. The van der Waals surface area contributed by atoms with Crippen LogP contribution in [0.4, 0.5) is 0 Å². The van der Waals surface area contributed by atoms with Crippen molar-refractivity contribution in [1.82, 2.24) is 0 Å². The van der Waals surface area contributed by atoms with Gasteiger partial charge in [-0.15, -0.1) is 0 Å². The third-order valence-electron chi connectivity index (χ3n) is 8.90. The van der Waals surface area contributed by atoms with Gasteiger partial charge in [-0.3, -0.25) is 0 Å². The average Bonchev–Trinajstić information content (AvgIpc) is 2.92. The molecule has 192 valence electrons. The van der Waals surface area contributed by atoms with E-state index in [1.54, 1.807) is 0 Å². The van der Waals surface area contributed by atoms with Crippen molar-refractivity contribution in [1.29, 1.82) is 0 Å². The van der Waals surface area contributed by atoms with Crippen LogP contribution < -0.4 is 21.7 Å². The summed E-state index contributed by atoms with van der Waals surface area (Å²) >= 11 is 0. The zero-order valence-corrected chi connectivity index (χ0v) is 22.6. The molecule has 1 aliphatic carbocycles. The highest BCUT2D eigenvalue weighted by atomic mass is 79.9. The van der Waals surface area contributed by atoms with E-state index in [0.717, 1.165) is 54.8 Å². The second-order valence-electron chi connectivity index (χ2n) is 11.0. The molecule has 3 saturated heterocycles. The number of halogens is 1. The standard InChI is InChI=1S/C30H42NO3.BrH/c32-30(26-11-4-1-5-12-26,27-13-6-2-7-14-27)24-34-29-23-31(20-17-25(29)18-21-31)19-10-22-33-28-15-8-3-9-16-28;/h1,3-5,8-9,11-12,15-16,25,27,29,32H,2,6-7,10,13-14,17-24H2;1H/q+1;/p-1/t25?,29-,30+,31?;/m0./s1. The number of ether oxygens (including phenoxy) is 2. The molecule has 0 radical (unpaired) electrons. The molecule has 2 aromatic carbocycles. The SMILES string of the molecule is O[C@](CO[C@H]1C[N+]2(CCCOc3ccccc3)CCC1CC2)(c1ccccc1)C1CCCCC1.[Br-]. The van der Waals surface area contributed by atoms with E-state index in [9.17, 15) is 5.11 Å². The van der Waals surface area contributed by atoms with Gasteiger partial charge < -0.3 is 36.0 Å². The van der Waals surface area contributed by atoms with Crippen LogP contribution in [0, 0.1) is 11.8 Å². The summed E-state index contributed by atoms with van der Waals surface area (Å²) in [5.41, 5.74) is 0.160. The molecule has 3 heterocycles. The highest BCUT2D eigenvalue weighted by Gasteiger charge is 2.48. The van der Waals surface area contributed by atoms with Crippen LogP contribution in [-0.4, -0.2) is 55.1 Å². The number of hydrogen-bond acceptors (Lipinski definition) is 3. The topological polar surface area (TPSA) is 38.7 Å². The number of quaternary nitrogens is 1. The van der Waals surface area contributed by atoms with E-state index >= 15 is 0 Å². The number of aliphatic hydroxyl groups is 1. The highest BCUT2D eigenvalue weighted by Crippen LogP contribution is 2.42. The molecule has 35 heavy (non-hydrogen) atoms. The van der Waals surface area contributed by atoms with Gasteiger partial charge in [0.2, 0.25) is 0 Å². The molecule has 2 aromatic rings. The second-order valence-corrected chi connectivity index (χ2v) is 11.0. The lowest BCUT2D eigenvalue weighted by Crippen LogP contribution is -3.00. The number of fused-ring (bicyclic) bond motifs is 3. The van der Waals surface area contributed by atoms with Gasteiger partial charge in [-0.2, -0.15) is 0 Å². The largest absolute Gasteiger partial charge is 1.00 e. The first-order valence-electron chi connectivity index (χ1n) is 13.6. The number of benzene rings is 2. The number of nitrogens with zero attached hydrogens (tertiary/aromatic N) is 1. The monoisotopic (exact) mass is 543 g/mol. The van der Waals surface area contributed by atoms with Crippen LogP contribution in [0.1, 0.15) is 56.9 Å². The zero-order chi connectivity index (χ0) is 23.3. The van der Waals surface area contributed by atoms with Crippen molar-refractivity contribution in [2.24, 2.45) is 11.8 Å². The van der Waals surface area contributed by atoms with Crippen molar-refractivity contribution in [3.8, 4) is 5.75 Å². The van der Waals surface area contributed by atoms with E-state index in [4.69, 9.17) is 9.47 Å². The molecule has 0 spiro atoms. The van der Waals surface area contributed by atoms with Crippen molar-refractivity contribution in [3.63, 3.8) is 0 Å². The van der Waals surface area contributed by atoms with Crippen LogP contribution >= 0.6 is 0 Å². The molecule has 4 fully saturated rings. The number of hydrogen-bond donors (Lipinski definition) is 1. The van der Waals surface area contributed by atoms with Gasteiger partial charge in [-0.05, 0) is 36.5 Å². The van der Waals surface area contributed by atoms with E-state index < -0.39 is 5.60 Å². The molecular formula is C30H42BrNO3. The Labute approximate surface area is 222 Å². The third kappa shape index (κ3) is 6.30. The minimum absolute atomic E-state index is 0. The van der Waals surface area contributed by atoms with Gasteiger partial charge in [0.05, 0.1) is 32.8 Å². The first-order valence-corrected chi connectivity index (χ1v) is 13.6. The fourth-order valence-electron chi connectivity index (χ4n) is 6.81. The van der Waals surface area contributed by atoms with E-state index in [1.165, 1.54) is 45.2 Å². The Kier molecular flexibility index (Phi) is 9.31. The molecule has 2 bridgehead atoms. The van der Waals surface area contributed by atoms with Crippen LogP contribution in [0.2, 0.25) is 0 Å². The Morgan fingerprint density at radius 3 is 2.20 bits per heavy atom. The summed E-state index contributed by atoms with van der Waals surface area (Å²) in [5.74, 6) is 1.90. The normalized spacial score (nSPS) is 28.1. The Bertz CT molecular complexity index is 881. The molecule has 3 aliphatic heterocycles. The Hall–Kier alpha value is -1.40. The maximum Gasteiger partial charge on any atom is 0.119 e. The number of para-hydroxylation sites is 1. The van der Waals surface area contributed by atoms with Crippen LogP contribution in [-0.2, 0) is 10.3 Å². The van der Waals surface area contributed by atoms with E-state index in [2.05, 4.69) is 24.3 Å². The third-order valence-corrected chi connectivity index (χ3v) is 8.90. The lowest BCUT2D eigenvalue weighted by molar-refractivity contribution is -0.946. The molecule has 4 nitrogen and oxygen atoms in total. The van der Waals surface area contributed by atoms with Crippen LogP contribution in [0.5, 0.6) is 5.75 Å². The molecule has 1 N–H and O–H groups in total. The van der Waals surface area contributed by atoms with Crippen molar-refractivity contribution >= 4 is 0 Å². The van der Waals surface area contributed by atoms with Crippen molar-refractivity contribution < 1.29 is 36.0 Å². The minimum atomic E-state index is -0.873. The summed E-state index contributed by atoms with van der Waals surface area (Å²) in [6.07, 6.45) is 9.76.